The zero-order chi connectivity index (χ0) is 14.7. The Balaban J connectivity index is 1.96. The first kappa shape index (κ1) is 13.3. The summed E-state index contributed by atoms with van der Waals surface area (Å²) in [5.74, 6) is 0.650. The number of anilines is 1. The van der Waals surface area contributed by atoms with E-state index in [0.717, 1.165) is 17.0 Å². The zero-order valence-corrected chi connectivity index (χ0v) is 12.2. The van der Waals surface area contributed by atoms with Crippen molar-refractivity contribution in [3.05, 3.63) is 66.4 Å². The minimum Gasteiger partial charge on any atom is -0.357 e. The maximum atomic E-state index is 4.50. The minimum absolute atomic E-state index is 0.650. The average Bonchev–Trinajstić information content (AvgIpc) is 2.55. The maximum absolute atomic E-state index is 4.50. The van der Waals surface area contributed by atoms with Gasteiger partial charge in [-0.2, -0.15) is 0 Å². The van der Waals surface area contributed by atoms with Crippen LogP contribution in [0.5, 0.6) is 0 Å². The van der Waals surface area contributed by atoms with Crippen molar-refractivity contribution in [2.45, 2.75) is 6.92 Å². The molecule has 1 heterocycles. The molecule has 0 unspecified atom stereocenters. The van der Waals surface area contributed by atoms with E-state index in [0.29, 0.717) is 5.95 Å². The van der Waals surface area contributed by atoms with E-state index >= 15 is 0 Å². The number of aromatic nitrogens is 2. The van der Waals surface area contributed by atoms with Gasteiger partial charge in [0.2, 0.25) is 5.95 Å². The second kappa shape index (κ2) is 5.75. The number of aryl methyl sites for hydroxylation is 1. The summed E-state index contributed by atoms with van der Waals surface area (Å²) in [4.78, 5) is 8.82. The Labute approximate surface area is 124 Å². The van der Waals surface area contributed by atoms with Crippen LogP contribution in [0.4, 0.5) is 5.95 Å². The molecule has 3 aromatic rings. The second-order valence-electron chi connectivity index (χ2n) is 4.91. The van der Waals surface area contributed by atoms with Crippen molar-refractivity contribution in [3.8, 4) is 22.4 Å². The van der Waals surface area contributed by atoms with Crippen LogP contribution in [0.25, 0.3) is 22.4 Å². The molecule has 3 rings (SSSR count). The Morgan fingerprint density at radius 2 is 1.38 bits per heavy atom. The predicted octanol–water partition coefficient (Wildman–Crippen LogP) is 4.16. The number of nitrogens with one attached hydrogen (secondary N) is 1. The van der Waals surface area contributed by atoms with Crippen LogP contribution < -0.4 is 5.32 Å². The molecular weight excluding hydrogens is 258 g/mol. The summed E-state index contributed by atoms with van der Waals surface area (Å²) in [6, 6.07) is 20.8. The van der Waals surface area contributed by atoms with E-state index in [1.165, 1.54) is 11.1 Å². The molecule has 0 aliphatic carbocycles. The zero-order valence-electron chi connectivity index (χ0n) is 12.2. The van der Waals surface area contributed by atoms with Gasteiger partial charge < -0.3 is 5.32 Å². The van der Waals surface area contributed by atoms with Crippen LogP contribution in [-0.2, 0) is 0 Å². The van der Waals surface area contributed by atoms with Crippen molar-refractivity contribution in [3.63, 3.8) is 0 Å². The monoisotopic (exact) mass is 275 g/mol. The van der Waals surface area contributed by atoms with Gasteiger partial charge in [-0.3, -0.25) is 0 Å². The lowest BCUT2D eigenvalue weighted by atomic mass is 10.0. The molecule has 0 saturated carbocycles. The van der Waals surface area contributed by atoms with Crippen molar-refractivity contribution in [2.75, 3.05) is 12.4 Å². The predicted molar refractivity (Wildman–Crippen MR) is 87.2 cm³/mol. The summed E-state index contributed by atoms with van der Waals surface area (Å²) in [6.07, 6.45) is 0. The molecule has 0 aliphatic heterocycles. The van der Waals surface area contributed by atoms with Gasteiger partial charge in [0.1, 0.15) is 0 Å². The number of rotatable bonds is 3. The molecule has 0 fully saturated rings. The van der Waals surface area contributed by atoms with Crippen molar-refractivity contribution >= 4 is 5.95 Å². The summed E-state index contributed by atoms with van der Waals surface area (Å²) < 4.78 is 0. The molecule has 3 heteroatoms. The Hall–Kier alpha value is -2.68. The average molecular weight is 275 g/mol. The molecule has 0 saturated heterocycles. The SMILES string of the molecule is CNc1nc(C)cc(-c2ccc(-c3ccccc3)cc2)n1. The van der Waals surface area contributed by atoms with Crippen LogP contribution in [0.1, 0.15) is 5.69 Å². The quantitative estimate of drug-likeness (QED) is 0.780. The summed E-state index contributed by atoms with van der Waals surface area (Å²) in [5, 5.41) is 2.99. The van der Waals surface area contributed by atoms with E-state index in [4.69, 9.17) is 0 Å². The normalized spacial score (nSPS) is 10.4. The van der Waals surface area contributed by atoms with Gasteiger partial charge in [-0.25, -0.2) is 9.97 Å². The molecule has 104 valence electrons. The molecule has 2 aromatic carbocycles. The Morgan fingerprint density at radius 1 is 0.762 bits per heavy atom. The number of hydrogen-bond acceptors (Lipinski definition) is 3. The van der Waals surface area contributed by atoms with E-state index in [9.17, 15) is 0 Å². The van der Waals surface area contributed by atoms with Gasteiger partial charge in [-0.1, -0.05) is 54.6 Å². The van der Waals surface area contributed by atoms with Crippen LogP contribution in [0.2, 0.25) is 0 Å². The van der Waals surface area contributed by atoms with Crippen LogP contribution in [-0.4, -0.2) is 17.0 Å². The molecule has 21 heavy (non-hydrogen) atoms. The first-order valence-electron chi connectivity index (χ1n) is 6.95. The standard InChI is InChI=1S/C18H17N3/c1-13-12-17(21-18(19-2)20-13)16-10-8-15(9-11-16)14-6-4-3-5-7-14/h3-12H,1-2H3,(H,19,20,21). The van der Waals surface area contributed by atoms with Gasteiger partial charge in [0.25, 0.3) is 0 Å². The first-order chi connectivity index (χ1) is 10.3. The first-order valence-corrected chi connectivity index (χ1v) is 6.95. The number of hydrogen-bond donors (Lipinski definition) is 1. The molecule has 1 aromatic heterocycles. The maximum Gasteiger partial charge on any atom is 0.223 e. The summed E-state index contributed by atoms with van der Waals surface area (Å²) in [7, 11) is 1.83. The highest BCUT2D eigenvalue weighted by atomic mass is 15.1. The van der Waals surface area contributed by atoms with Crippen LogP contribution in [0.3, 0.4) is 0 Å². The van der Waals surface area contributed by atoms with Gasteiger partial charge in [-0.15, -0.1) is 0 Å². The Bertz CT molecular complexity index is 734. The molecule has 0 atom stereocenters. The van der Waals surface area contributed by atoms with Gasteiger partial charge in [0.15, 0.2) is 0 Å². The van der Waals surface area contributed by atoms with Crippen LogP contribution in [0, 0.1) is 6.92 Å². The largest absolute Gasteiger partial charge is 0.357 e. The van der Waals surface area contributed by atoms with Gasteiger partial charge in [0.05, 0.1) is 5.69 Å². The fourth-order valence-electron chi connectivity index (χ4n) is 2.29. The van der Waals surface area contributed by atoms with E-state index in [-0.39, 0.29) is 0 Å². The lowest BCUT2D eigenvalue weighted by Gasteiger charge is -2.07. The van der Waals surface area contributed by atoms with Crippen molar-refractivity contribution in [2.24, 2.45) is 0 Å². The van der Waals surface area contributed by atoms with E-state index in [1.54, 1.807) is 0 Å². The molecule has 0 spiro atoms. The molecule has 0 aliphatic rings. The highest BCUT2D eigenvalue weighted by Crippen LogP contribution is 2.24. The lowest BCUT2D eigenvalue weighted by molar-refractivity contribution is 1.10. The summed E-state index contributed by atoms with van der Waals surface area (Å²) in [5.41, 5.74) is 5.41. The third-order valence-corrected chi connectivity index (χ3v) is 3.37. The second-order valence-corrected chi connectivity index (χ2v) is 4.91. The van der Waals surface area contributed by atoms with Gasteiger partial charge in [0, 0.05) is 18.3 Å². The van der Waals surface area contributed by atoms with Crippen molar-refractivity contribution < 1.29 is 0 Å². The molecule has 1 N–H and O–H groups in total. The molecule has 3 nitrogen and oxygen atoms in total. The lowest BCUT2D eigenvalue weighted by Crippen LogP contribution is -1.99. The van der Waals surface area contributed by atoms with Crippen LogP contribution >= 0.6 is 0 Å². The molecule has 0 amide bonds. The number of nitrogens with zero attached hydrogens (tertiary/aromatic N) is 2. The summed E-state index contributed by atoms with van der Waals surface area (Å²) in [6.45, 7) is 1.98. The molecule has 0 bridgehead atoms. The Morgan fingerprint density at radius 3 is 2.05 bits per heavy atom. The van der Waals surface area contributed by atoms with E-state index < -0.39 is 0 Å². The Kier molecular flexibility index (Phi) is 3.65. The fraction of sp³-hybridized carbons (Fsp3) is 0.111. The smallest absolute Gasteiger partial charge is 0.223 e. The fourth-order valence-corrected chi connectivity index (χ4v) is 2.29. The summed E-state index contributed by atoms with van der Waals surface area (Å²) >= 11 is 0. The van der Waals surface area contributed by atoms with Gasteiger partial charge in [-0.05, 0) is 24.1 Å². The van der Waals surface area contributed by atoms with Crippen molar-refractivity contribution in [1.82, 2.24) is 9.97 Å². The molecular formula is C18H17N3. The van der Waals surface area contributed by atoms with Gasteiger partial charge >= 0.3 is 0 Å². The van der Waals surface area contributed by atoms with E-state index in [2.05, 4.69) is 63.8 Å². The minimum atomic E-state index is 0.650. The third kappa shape index (κ3) is 2.92. The number of benzene rings is 2. The van der Waals surface area contributed by atoms with Crippen LogP contribution in [0.15, 0.2) is 60.7 Å². The molecule has 0 radical (unpaired) electrons. The highest BCUT2D eigenvalue weighted by molar-refractivity contribution is 5.69. The van der Waals surface area contributed by atoms with E-state index in [1.807, 2.05) is 26.1 Å². The topological polar surface area (TPSA) is 37.8 Å². The highest BCUT2D eigenvalue weighted by Gasteiger charge is 2.04. The van der Waals surface area contributed by atoms with Crippen molar-refractivity contribution in [1.29, 1.82) is 0 Å². The third-order valence-electron chi connectivity index (χ3n) is 3.37.